The van der Waals surface area contributed by atoms with Crippen molar-refractivity contribution in [3.8, 4) is 0 Å². The fraction of sp³-hybridized carbons (Fsp3) is 0.333. The molecule has 0 aromatic carbocycles. The minimum atomic E-state index is -0.471. The zero-order chi connectivity index (χ0) is 16.7. The first-order chi connectivity index (χ1) is 11.6. The Morgan fingerprint density at radius 1 is 1.42 bits per heavy atom. The summed E-state index contributed by atoms with van der Waals surface area (Å²) in [5.41, 5.74) is 2.22. The minimum absolute atomic E-state index is 0. The lowest BCUT2D eigenvalue weighted by molar-refractivity contribution is -0.133. The van der Waals surface area contributed by atoms with Gasteiger partial charge in [-0.2, -0.15) is 0 Å². The first-order valence-electron chi connectivity index (χ1n) is 7.60. The number of nitrogens with one attached hydrogen (secondary N) is 3. The van der Waals surface area contributed by atoms with Crippen molar-refractivity contribution in [1.29, 1.82) is 0 Å². The predicted molar refractivity (Wildman–Crippen MR) is 104 cm³/mol. The number of H-pyrrole nitrogens is 2. The molecule has 8 nitrogen and oxygen atoms in total. The zero-order valence-electron chi connectivity index (χ0n) is 13.8. The van der Waals surface area contributed by atoms with Gasteiger partial charge in [-0.05, 0) is 11.4 Å². The van der Waals surface area contributed by atoms with E-state index in [2.05, 4.69) is 25.3 Å². The SMILES string of the molecule is CN(Cc1nc2ccsc2c(=O)[nH]1)C(=O)C1NCCc2[nH]cnc21.Cl.Cl. The number of imidazole rings is 1. The van der Waals surface area contributed by atoms with Crippen molar-refractivity contribution in [1.82, 2.24) is 30.2 Å². The molecule has 26 heavy (non-hydrogen) atoms. The number of aromatic nitrogens is 4. The normalized spacial score (nSPS) is 15.7. The summed E-state index contributed by atoms with van der Waals surface area (Å²) in [6, 6.07) is 1.33. The van der Waals surface area contributed by atoms with E-state index in [0.29, 0.717) is 16.0 Å². The Balaban J connectivity index is 0.00000121. The third-order valence-corrected chi connectivity index (χ3v) is 5.02. The largest absolute Gasteiger partial charge is 0.348 e. The average Bonchev–Trinajstić information content (AvgIpc) is 3.22. The molecule has 3 aromatic rings. The van der Waals surface area contributed by atoms with Gasteiger partial charge in [0.2, 0.25) is 5.91 Å². The van der Waals surface area contributed by atoms with Crippen molar-refractivity contribution in [2.24, 2.45) is 0 Å². The van der Waals surface area contributed by atoms with E-state index in [1.54, 1.807) is 24.3 Å². The molecule has 0 bridgehead atoms. The molecule has 4 heterocycles. The summed E-state index contributed by atoms with van der Waals surface area (Å²) in [6.45, 7) is 0.952. The van der Waals surface area contributed by atoms with E-state index in [-0.39, 0.29) is 42.8 Å². The minimum Gasteiger partial charge on any atom is -0.348 e. The molecule has 0 saturated carbocycles. The summed E-state index contributed by atoms with van der Waals surface area (Å²) in [4.78, 5) is 40.8. The van der Waals surface area contributed by atoms with Crippen LogP contribution in [0, 0.1) is 0 Å². The number of hydrogen-bond acceptors (Lipinski definition) is 6. The molecule has 3 aromatic heterocycles. The maximum absolute atomic E-state index is 12.8. The van der Waals surface area contributed by atoms with Crippen molar-refractivity contribution < 1.29 is 4.79 Å². The van der Waals surface area contributed by atoms with Crippen LogP contribution in [0.1, 0.15) is 23.3 Å². The van der Waals surface area contributed by atoms with Crippen LogP contribution >= 0.6 is 36.2 Å². The molecule has 11 heteroatoms. The lowest BCUT2D eigenvalue weighted by atomic mass is 10.0. The number of carbonyl (C=O) groups excluding carboxylic acids is 1. The smallest absolute Gasteiger partial charge is 0.268 e. The second-order valence-electron chi connectivity index (χ2n) is 5.75. The Labute approximate surface area is 165 Å². The maximum atomic E-state index is 12.8. The van der Waals surface area contributed by atoms with Gasteiger partial charge >= 0.3 is 0 Å². The zero-order valence-corrected chi connectivity index (χ0v) is 16.3. The summed E-state index contributed by atoms with van der Waals surface area (Å²) < 4.78 is 0.600. The van der Waals surface area contributed by atoms with Crippen LogP contribution in [0.2, 0.25) is 0 Å². The number of hydrogen-bond donors (Lipinski definition) is 3. The molecule has 0 aliphatic carbocycles. The van der Waals surface area contributed by atoms with Gasteiger partial charge in [-0.25, -0.2) is 9.97 Å². The Morgan fingerprint density at radius 3 is 3.04 bits per heavy atom. The summed E-state index contributed by atoms with van der Waals surface area (Å²) >= 11 is 1.36. The van der Waals surface area contributed by atoms with Crippen molar-refractivity contribution in [3.63, 3.8) is 0 Å². The third kappa shape index (κ3) is 3.61. The van der Waals surface area contributed by atoms with Crippen LogP contribution in [-0.4, -0.2) is 44.3 Å². The molecular weight excluding hydrogens is 399 g/mol. The molecule has 0 fully saturated rings. The third-order valence-electron chi connectivity index (χ3n) is 4.12. The van der Waals surface area contributed by atoms with Crippen LogP contribution in [0.25, 0.3) is 10.2 Å². The molecule has 0 spiro atoms. The van der Waals surface area contributed by atoms with Gasteiger partial charge in [-0.1, -0.05) is 0 Å². The molecule has 0 saturated heterocycles. The second kappa shape index (κ2) is 8.17. The van der Waals surface area contributed by atoms with E-state index >= 15 is 0 Å². The molecule has 1 aliphatic rings. The molecule has 3 N–H and O–H groups in total. The number of thiophene rings is 1. The molecule has 0 radical (unpaired) electrons. The topological polar surface area (TPSA) is 107 Å². The highest BCUT2D eigenvalue weighted by Crippen LogP contribution is 2.21. The molecule has 4 rings (SSSR count). The number of aromatic amines is 2. The van der Waals surface area contributed by atoms with Crippen molar-refractivity contribution >= 4 is 52.3 Å². The van der Waals surface area contributed by atoms with Crippen molar-refractivity contribution in [2.45, 2.75) is 19.0 Å². The Morgan fingerprint density at radius 2 is 2.23 bits per heavy atom. The van der Waals surface area contributed by atoms with E-state index in [4.69, 9.17) is 0 Å². The molecule has 1 aliphatic heterocycles. The molecule has 1 amide bonds. The van der Waals surface area contributed by atoms with Gasteiger partial charge < -0.3 is 20.2 Å². The van der Waals surface area contributed by atoms with Crippen molar-refractivity contribution in [3.05, 3.63) is 45.3 Å². The highest BCUT2D eigenvalue weighted by Gasteiger charge is 2.30. The highest BCUT2D eigenvalue weighted by atomic mass is 35.5. The van der Waals surface area contributed by atoms with Crippen LogP contribution in [0.3, 0.4) is 0 Å². The highest BCUT2D eigenvalue weighted by molar-refractivity contribution is 7.17. The van der Waals surface area contributed by atoms with Gasteiger partial charge in [0.25, 0.3) is 5.56 Å². The van der Waals surface area contributed by atoms with Gasteiger partial charge in [0.1, 0.15) is 16.6 Å². The summed E-state index contributed by atoms with van der Waals surface area (Å²) in [5, 5.41) is 5.03. The van der Waals surface area contributed by atoms with Crippen LogP contribution in [0.15, 0.2) is 22.6 Å². The lowest BCUT2D eigenvalue weighted by Crippen LogP contribution is -2.42. The van der Waals surface area contributed by atoms with Gasteiger partial charge in [-0.3, -0.25) is 9.59 Å². The van der Waals surface area contributed by atoms with Crippen LogP contribution in [0.4, 0.5) is 0 Å². The van der Waals surface area contributed by atoms with Gasteiger partial charge in [0, 0.05) is 25.7 Å². The average molecular weight is 417 g/mol. The summed E-state index contributed by atoms with van der Waals surface area (Å²) in [5.74, 6) is 0.371. The van der Waals surface area contributed by atoms with E-state index < -0.39 is 6.04 Å². The number of amides is 1. The predicted octanol–water partition coefficient (Wildman–Crippen LogP) is 1.40. The van der Waals surface area contributed by atoms with E-state index in [1.165, 1.54) is 11.3 Å². The van der Waals surface area contributed by atoms with Gasteiger partial charge in [-0.15, -0.1) is 36.2 Å². The number of halogens is 2. The molecular formula is C15H18Cl2N6O2S. The Bertz CT molecular complexity index is 968. The standard InChI is InChI=1S/C15H16N6O2S.2ClH/c1-21(6-10-19-9-3-5-24-13(9)14(22)20-10)15(23)12-11-8(2-4-16-12)17-7-18-11;;/h3,5,7,12,16H,2,4,6H2,1H3,(H,17,18)(H,19,20,22);2*1H. The quantitative estimate of drug-likeness (QED) is 0.597. The van der Waals surface area contributed by atoms with Crippen LogP contribution in [-0.2, 0) is 17.8 Å². The molecule has 1 atom stereocenters. The van der Waals surface area contributed by atoms with Gasteiger partial charge in [0.05, 0.1) is 24.1 Å². The Hall–Kier alpha value is -1.94. The first kappa shape index (κ1) is 20.4. The number of nitrogens with zero attached hydrogens (tertiary/aromatic N) is 3. The van der Waals surface area contributed by atoms with E-state index in [0.717, 1.165) is 24.4 Å². The number of fused-ring (bicyclic) bond motifs is 2. The second-order valence-corrected chi connectivity index (χ2v) is 6.66. The lowest BCUT2D eigenvalue weighted by Gasteiger charge is -2.26. The molecule has 140 valence electrons. The van der Waals surface area contributed by atoms with E-state index in [9.17, 15) is 9.59 Å². The van der Waals surface area contributed by atoms with E-state index in [1.807, 2.05) is 5.38 Å². The van der Waals surface area contributed by atoms with Crippen LogP contribution < -0.4 is 10.9 Å². The first-order valence-corrected chi connectivity index (χ1v) is 8.48. The van der Waals surface area contributed by atoms with Crippen LogP contribution in [0.5, 0.6) is 0 Å². The summed E-state index contributed by atoms with van der Waals surface area (Å²) in [6.07, 6.45) is 2.44. The van der Waals surface area contributed by atoms with Crippen molar-refractivity contribution in [2.75, 3.05) is 13.6 Å². The number of carbonyl (C=O) groups is 1. The fourth-order valence-electron chi connectivity index (χ4n) is 2.94. The summed E-state index contributed by atoms with van der Waals surface area (Å²) in [7, 11) is 1.70. The monoisotopic (exact) mass is 416 g/mol. The fourth-order valence-corrected chi connectivity index (χ4v) is 3.67. The Kier molecular flexibility index (Phi) is 6.40. The number of likely N-dealkylation sites (N-methyl/N-ethyl adjacent to an activating group) is 1. The number of rotatable bonds is 3. The maximum Gasteiger partial charge on any atom is 0.268 e. The molecule has 1 unspecified atom stereocenters. The van der Waals surface area contributed by atoms with Gasteiger partial charge in [0.15, 0.2) is 0 Å².